The molecule has 0 aliphatic heterocycles. The Labute approximate surface area is 160 Å². The van der Waals surface area contributed by atoms with Gasteiger partial charge in [-0.3, -0.25) is 15.1 Å². The van der Waals surface area contributed by atoms with Crippen molar-refractivity contribution in [3.05, 3.63) is 35.7 Å². The van der Waals surface area contributed by atoms with Gasteiger partial charge in [0.05, 0.1) is 12.3 Å². The third kappa shape index (κ3) is 5.16. The van der Waals surface area contributed by atoms with E-state index in [0.717, 1.165) is 50.5 Å². The summed E-state index contributed by atoms with van der Waals surface area (Å²) in [6, 6.07) is 3.79. The van der Waals surface area contributed by atoms with E-state index in [-0.39, 0.29) is 18.0 Å². The third-order valence-corrected chi connectivity index (χ3v) is 5.33. The van der Waals surface area contributed by atoms with Gasteiger partial charge in [0.15, 0.2) is 0 Å². The summed E-state index contributed by atoms with van der Waals surface area (Å²) < 4.78 is 10.6. The summed E-state index contributed by atoms with van der Waals surface area (Å²) in [5.74, 6) is -0.472. The molecule has 1 heterocycles. The summed E-state index contributed by atoms with van der Waals surface area (Å²) >= 11 is 0. The second kappa shape index (κ2) is 9.13. The van der Waals surface area contributed by atoms with Gasteiger partial charge in [-0.1, -0.05) is 6.07 Å². The van der Waals surface area contributed by atoms with Crippen molar-refractivity contribution in [3.8, 4) is 0 Å². The lowest BCUT2D eigenvalue weighted by Gasteiger charge is -2.40. The number of carbonyl (C=O) groups is 2. The van der Waals surface area contributed by atoms with Crippen LogP contribution >= 0.6 is 0 Å². The highest BCUT2D eigenvalue weighted by atomic mass is 16.5. The second-order valence-electron chi connectivity index (χ2n) is 7.28. The zero-order chi connectivity index (χ0) is 19.1. The van der Waals surface area contributed by atoms with Crippen LogP contribution in [0.15, 0.2) is 24.4 Å². The van der Waals surface area contributed by atoms with E-state index in [1.807, 2.05) is 12.1 Å². The molecule has 0 unspecified atom stereocenters. The van der Waals surface area contributed by atoms with Gasteiger partial charge in [-0.05, 0) is 69.6 Å². The number of hydrogen-bond donors (Lipinski definition) is 1. The number of ether oxygens (including phenoxy) is 2. The average molecular weight is 372 g/mol. The molecule has 3 rings (SSSR count). The van der Waals surface area contributed by atoms with Crippen molar-refractivity contribution in [1.29, 1.82) is 0 Å². The van der Waals surface area contributed by atoms with Crippen molar-refractivity contribution < 1.29 is 19.1 Å². The van der Waals surface area contributed by atoms with Gasteiger partial charge in [0, 0.05) is 18.8 Å². The first-order valence-corrected chi connectivity index (χ1v) is 9.87. The summed E-state index contributed by atoms with van der Waals surface area (Å²) in [6.07, 6.45) is 11.8. The Morgan fingerprint density at radius 1 is 1.26 bits per heavy atom. The van der Waals surface area contributed by atoms with Crippen molar-refractivity contribution in [1.82, 2.24) is 10.3 Å². The molecule has 146 valence electrons. The van der Waals surface area contributed by atoms with Crippen LogP contribution < -0.4 is 5.32 Å². The zero-order valence-electron chi connectivity index (χ0n) is 15.9. The molecule has 0 atom stereocenters. The third-order valence-electron chi connectivity index (χ3n) is 5.33. The molecule has 2 fully saturated rings. The Kier molecular flexibility index (Phi) is 6.61. The van der Waals surface area contributed by atoms with E-state index >= 15 is 0 Å². The molecular formula is C21H28N2O4. The number of carbonyl (C=O) groups excluding carboxylic acids is 2. The zero-order valence-corrected chi connectivity index (χ0v) is 15.9. The Hall–Kier alpha value is -2.21. The highest BCUT2D eigenvalue weighted by molar-refractivity contribution is 5.86. The monoisotopic (exact) mass is 372 g/mol. The van der Waals surface area contributed by atoms with E-state index in [1.54, 1.807) is 19.2 Å². The van der Waals surface area contributed by atoms with E-state index < -0.39 is 5.54 Å². The van der Waals surface area contributed by atoms with Crippen LogP contribution in [0.3, 0.4) is 0 Å². The van der Waals surface area contributed by atoms with E-state index in [1.165, 1.54) is 6.08 Å². The van der Waals surface area contributed by atoms with Gasteiger partial charge in [0.2, 0.25) is 0 Å². The summed E-state index contributed by atoms with van der Waals surface area (Å²) in [4.78, 5) is 28.3. The number of aromatic nitrogens is 1. The van der Waals surface area contributed by atoms with E-state index in [0.29, 0.717) is 18.8 Å². The van der Waals surface area contributed by atoms with Crippen LogP contribution in [0.2, 0.25) is 0 Å². The van der Waals surface area contributed by atoms with Crippen LogP contribution in [-0.4, -0.2) is 35.2 Å². The molecule has 0 aromatic carbocycles. The number of rotatable bonds is 8. The minimum Gasteiger partial charge on any atom is -0.463 e. The summed E-state index contributed by atoms with van der Waals surface area (Å²) in [5, 5.41) is 3.40. The van der Waals surface area contributed by atoms with Gasteiger partial charge in [-0.15, -0.1) is 0 Å². The molecule has 6 heteroatoms. The Morgan fingerprint density at radius 3 is 2.63 bits per heavy atom. The number of nitrogens with one attached hydrogen (secondary N) is 1. The molecule has 1 aromatic rings. The largest absolute Gasteiger partial charge is 0.463 e. The SMILES string of the molecule is CCOC(=O)C=Cc1ccc(CNC2(C(=O)OC3CCCC3)CCC2)cn1. The number of esters is 2. The molecule has 0 radical (unpaired) electrons. The molecule has 1 N–H and O–H groups in total. The normalized spacial score (nSPS) is 19.0. The standard InChI is InChI=1S/C21H28N2O4/c1-2-26-19(24)11-10-17-9-8-16(14-22-17)15-23-21(12-5-13-21)20(25)27-18-6-3-4-7-18/h8-11,14,18,23H,2-7,12-13,15H2,1H3. The summed E-state index contributed by atoms with van der Waals surface area (Å²) in [6.45, 7) is 2.69. The van der Waals surface area contributed by atoms with Crippen LogP contribution in [0.1, 0.15) is 63.1 Å². The minimum absolute atomic E-state index is 0.0948. The smallest absolute Gasteiger partial charge is 0.330 e. The van der Waals surface area contributed by atoms with E-state index in [2.05, 4.69) is 10.3 Å². The van der Waals surface area contributed by atoms with Gasteiger partial charge in [-0.2, -0.15) is 0 Å². The topological polar surface area (TPSA) is 77.5 Å². The minimum atomic E-state index is -0.537. The van der Waals surface area contributed by atoms with Crippen molar-refractivity contribution in [3.63, 3.8) is 0 Å². The van der Waals surface area contributed by atoms with Crippen molar-refractivity contribution in [2.75, 3.05) is 6.61 Å². The maximum atomic E-state index is 12.6. The first-order valence-electron chi connectivity index (χ1n) is 9.87. The van der Waals surface area contributed by atoms with Crippen LogP contribution in [0.25, 0.3) is 6.08 Å². The summed E-state index contributed by atoms with van der Waals surface area (Å²) in [7, 11) is 0. The van der Waals surface area contributed by atoms with Crippen molar-refractivity contribution >= 4 is 18.0 Å². The second-order valence-corrected chi connectivity index (χ2v) is 7.28. The van der Waals surface area contributed by atoms with Crippen molar-refractivity contribution in [2.24, 2.45) is 0 Å². The Morgan fingerprint density at radius 2 is 2.04 bits per heavy atom. The van der Waals surface area contributed by atoms with Crippen LogP contribution in [0.4, 0.5) is 0 Å². The maximum Gasteiger partial charge on any atom is 0.330 e. The molecule has 0 saturated heterocycles. The fraction of sp³-hybridized carbons (Fsp3) is 0.571. The van der Waals surface area contributed by atoms with Crippen molar-refractivity contribution in [2.45, 2.75) is 70.1 Å². The number of nitrogens with zero attached hydrogens (tertiary/aromatic N) is 1. The fourth-order valence-electron chi connectivity index (χ4n) is 3.51. The molecular weight excluding hydrogens is 344 g/mol. The first-order chi connectivity index (χ1) is 13.1. The predicted octanol–water partition coefficient (Wildman–Crippen LogP) is 3.16. The molecule has 6 nitrogen and oxygen atoms in total. The average Bonchev–Trinajstić information content (AvgIpc) is 3.13. The quantitative estimate of drug-likeness (QED) is 0.558. The number of hydrogen-bond acceptors (Lipinski definition) is 6. The highest BCUT2D eigenvalue weighted by Crippen LogP contribution is 2.35. The van der Waals surface area contributed by atoms with Gasteiger partial charge in [-0.25, -0.2) is 4.79 Å². The van der Waals surface area contributed by atoms with Crippen LogP contribution in [0, 0.1) is 0 Å². The lowest BCUT2D eigenvalue weighted by Crippen LogP contribution is -2.58. The van der Waals surface area contributed by atoms with Crippen LogP contribution in [0.5, 0.6) is 0 Å². The van der Waals surface area contributed by atoms with Gasteiger partial charge >= 0.3 is 11.9 Å². The molecule has 2 aliphatic carbocycles. The molecule has 0 bridgehead atoms. The molecule has 2 aliphatic rings. The highest BCUT2D eigenvalue weighted by Gasteiger charge is 2.46. The Balaban J connectivity index is 1.52. The van der Waals surface area contributed by atoms with E-state index in [9.17, 15) is 9.59 Å². The number of pyridine rings is 1. The van der Waals surface area contributed by atoms with E-state index in [4.69, 9.17) is 9.47 Å². The van der Waals surface area contributed by atoms with Gasteiger partial charge in [0.1, 0.15) is 11.6 Å². The molecule has 2 saturated carbocycles. The first kappa shape index (κ1) is 19.5. The molecule has 0 amide bonds. The maximum absolute atomic E-state index is 12.6. The Bertz CT molecular complexity index is 674. The van der Waals surface area contributed by atoms with Gasteiger partial charge in [0.25, 0.3) is 0 Å². The molecule has 0 spiro atoms. The van der Waals surface area contributed by atoms with Gasteiger partial charge < -0.3 is 9.47 Å². The fourth-order valence-corrected chi connectivity index (χ4v) is 3.51. The van der Waals surface area contributed by atoms with Crippen LogP contribution in [-0.2, 0) is 25.6 Å². The predicted molar refractivity (Wildman–Crippen MR) is 102 cm³/mol. The lowest BCUT2D eigenvalue weighted by molar-refractivity contribution is -0.161. The lowest BCUT2D eigenvalue weighted by atomic mass is 9.76. The molecule has 27 heavy (non-hydrogen) atoms. The molecule has 1 aromatic heterocycles. The summed E-state index contributed by atoms with van der Waals surface area (Å²) in [5.41, 5.74) is 1.14.